The van der Waals surface area contributed by atoms with Gasteiger partial charge in [0.15, 0.2) is 5.76 Å². The van der Waals surface area contributed by atoms with Gasteiger partial charge in [-0.25, -0.2) is 4.79 Å². The first-order valence-corrected chi connectivity index (χ1v) is 10.8. The summed E-state index contributed by atoms with van der Waals surface area (Å²) < 4.78 is 20.9. The van der Waals surface area contributed by atoms with E-state index in [-0.39, 0.29) is 29.5 Å². The van der Waals surface area contributed by atoms with Gasteiger partial charge in [0.2, 0.25) is 5.78 Å². The van der Waals surface area contributed by atoms with Crippen molar-refractivity contribution in [2.75, 3.05) is 40.5 Å². The fourth-order valence-corrected chi connectivity index (χ4v) is 4.07. The van der Waals surface area contributed by atoms with Gasteiger partial charge in [0.05, 0.1) is 45.0 Å². The van der Waals surface area contributed by atoms with Crippen molar-refractivity contribution in [2.24, 2.45) is 0 Å². The van der Waals surface area contributed by atoms with Crippen LogP contribution >= 0.6 is 0 Å². The predicted octanol–water partition coefficient (Wildman–Crippen LogP) is 2.62. The minimum atomic E-state index is -0.690. The second-order valence-corrected chi connectivity index (χ2v) is 7.89. The van der Waals surface area contributed by atoms with Gasteiger partial charge >= 0.3 is 11.9 Å². The van der Waals surface area contributed by atoms with E-state index in [9.17, 15) is 19.5 Å². The number of benzene rings is 2. The summed E-state index contributed by atoms with van der Waals surface area (Å²) in [4.78, 5) is 39.1. The van der Waals surface area contributed by atoms with Crippen molar-refractivity contribution in [3.8, 4) is 11.5 Å². The van der Waals surface area contributed by atoms with E-state index >= 15 is 0 Å². The number of ether oxygens (including phenoxy) is 4. The van der Waals surface area contributed by atoms with E-state index in [0.29, 0.717) is 48.6 Å². The Kier molecular flexibility index (Phi) is 6.83. The lowest BCUT2D eigenvalue weighted by atomic mass is 9.85. The van der Waals surface area contributed by atoms with Gasteiger partial charge in [-0.3, -0.25) is 9.59 Å². The highest BCUT2D eigenvalue weighted by atomic mass is 16.5. The topological polar surface area (TPSA) is 112 Å². The Morgan fingerprint density at radius 2 is 1.79 bits per heavy atom. The summed E-state index contributed by atoms with van der Waals surface area (Å²) in [6.45, 7) is 2.37. The largest absolute Gasteiger partial charge is 0.508 e. The van der Waals surface area contributed by atoms with Crippen molar-refractivity contribution in [3.63, 3.8) is 0 Å². The number of carbonyl (C=O) groups is 3. The molecule has 2 aliphatic rings. The molecule has 34 heavy (non-hydrogen) atoms. The molecular formula is C25H25NO8. The Balaban J connectivity index is 1.75. The number of aromatic hydroxyl groups is 1. The maximum absolute atomic E-state index is 13.0. The van der Waals surface area contributed by atoms with Crippen LogP contribution in [0.1, 0.15) is 44.2 Å². The molecule has 1 N–H and O–H groups in total. The second-order valence-electron chi connectivity index (χ2n) is 7.89. The standard InChI is InChI=1S/C25H25NO8/c1-31-21(28)13-18(15-3-5-16(6-4-15)25(30)32-2)22-19(27)8-7-17-23(29)20(34-24(17)22)14-26-9-11-33-12-10-26/h3-8,14,18,27H,9-13H2,1-2H3/b20-14-/t18-/m1/s1. The molecule has 2 aromatic carbocycles. The van der Waals surface area contributed by atoms with E-state index in [1.807, 2.05) is 4.90 Å². The van der Waals surface area contributed by atoms with Gasteiger partial charge in [-0.15, -0.1) is 0 Å². The third kappa shape index (κ3) is 4.60. The number of phenols is 1. The van der Waals surface area contributed by atoms with Crippen LogP contribution in [0.5, 0.6) is 11.5 Å². The lowest BCUT2D eigenvalue weighted by Gasteiger charge is -2.25. The molecule has 2 heterocycles. The molecule has 1 saturated heterocycles. The van der Waals surface area contributed by atoms with Crippen LogP contribution in [0.4, 0.5) is 0 Å². The van der Waals surface area contributed by atoms with Crippen LogP contribution in [-0.2, 0) is 19.0 Å². The second kappa shape index (κ2) is 9.96. The zero-order valence-electron chi connectivity index (χ0n) is 18.9. The number of carbonyl (C=O) groups excluding carboxylic acids is 3. The molecule has 0 amide bonds. The molecule has 1 fully saturated rings. The molecule has 9 nitrogen and oxygen atoms in total. The fraction of sp³-hybridized carbons (Fsp3) is 0.320. The Hall–Kier alpha value is -3.85. The number of allylic oxidation sites excluding steroid dienone is 1. The first-order chi connectivity index (χ1) is 16.4. The zero-order valence-corrected chi connectivity index (χ0v) is 18.9. The molecule has 2 aromatic rings. The van der Waals surface area contributed by atoms with E-state index in [4.69, 9.17) is 18.9 Å². The zero-order chi connectivity index (χ0) is 24.2. The number of hydrogen-bond acceptors (Lipinski definition) is 9. The highest BCUT2D eigenvalue weighted by Gasteiger charge is 2.35. The summed E-state index contributed by atoms with van der Waals surface area (Å²) in [6, 6.07) is 9.40. The quantitative estimate of drug-likeness (QED) is 0.506. The highest BCUT2D eigenvalue weighted by Crippen LogP contribution is 2.46. The molecule has 0 saturated carbocycles. The number of hydrogen-bond donors (Lipinski definition) is 1. The summed E-state index contributed by atoms with van der Waals surface area (Å²) in [5.41, 5.74) is 1.57. The molecule has 0 bridgehead atoms. The number of rotatable bonds is 6. The van der Waals surface area contributed by atoms with Gasteiger partial charge < -0.3 is 29.0 Å². The lowest BCUT2D eigenvalue weighted by Crippen LogP contribution is -2.32. The average Bonchev–Trinajstić information content (AvgIpc) is 3.17. The van der Waals surface area contributed by atoms with Crippen LogP contribution in [-0.4, -0.2) is 68.3 Å². The molecule has 0 spiro atoms. The van der Waals surface area contributed by atoms with Gasteiger partial charge in [0, 0.05) is 30.8 Å². The smallest absolute Gasteiger partial charge is 0.337 e. The predicted molar refractivity (Wildman–Crippen MR) is 120 cm³/mol. The molecule has 2 aliphatic heterocycles. The molecule has 0 unspecified atom stereocenters. The highest BCUT2D eigenvalue weighted by molar-refractivity contribution is 6.12. The average molecular weight is 467 g/mol. The third-order valence-electron chi connectivity index (χ3n) is 5.88. The normalized spacial score (nSPS) is 17.2. The van der Waals surface area contributed by atoms with Gasteiger partial charge in [-0.1, -0.05) is 12.1 Å². The summed E-state index contributed by atoms with van der Waals surface area (Å²) in [6.07, 6.45) is 1.55. The number of morpholine rings is 1. The monoisotopic (exact) mass is 467 g/mol. The number of phenolic OH excluding ortho intramolecular Hbond substituents is 1. The summed E-state index contributed by atoms with van der Waals surface area (Å²) in [7, 11) is 2.57. The Morgan fingerprint density at radius 3 is 2.44 bits per heavy atom. The summed E-state index contributed by atoms with van der Waals surface area (Å²) in [5, 5.41) is 10.8. The van der Waals surface area contributed by atoms with Crippen LogP contribution in [0.15, 0.2) is 48.4 Å². The number of nitrogens with zero attached hydrogens (tertiary/aromatic N) is 1. The van der Waals surface area contributed by atoms with Crippen LogP contribution in [0.2, 0.25) is 0 Å². The molecular weight excluding hydrogens is 442 g/mol. The van der Waals surface area contributed by atoms with E-state index in [1.165, 1.54) is 26.4 Å². The number of Topliss-reactive ketones (excluding diaryl/α,β-unsaturated/α-hetero) is 1. The molecule has 1 atom stereocenters. The van der Waals surface area contributed by atoms with Gasteiger partial charge in [-0.05, 0) is 29.8 Å². The number of esters is 2. The fourth-order valence-electron chi connectivity index (χ4n) is 4.07. The minimum Gasteiger partial charge on any atom is -0.508 e. The minimum absolute atomic E-state index is 0.113. The van der Waals surface area contributed by atoms with Gasteiger partial charge in [0.1, 0.15) is 11.5 Å². The van der Waals surface area contributed by atoms with E-state index in [1.54, 1.807) is 30.5 Å². The van der Waals surface area contributed by atoms with Crippen molar-refractivity contribution < 1.29 is 38.4 Å². The van der Waals surface area contributed by atoms with Crippen LogP contribution < -0.4 is 4.74 Å². The van der Waals surface area contributed by atoms with E-state index in [0.717, 1.165) is 0 Å². The number of methoxy groups -OCH3 is 2. The van der Waals surface area contributed by atoms with Crippen molar-refractivity contribution in [1.29, 1.82) is 0 Å². The molecule has 4 rings (SSSR count). The van der Waals surface area contributed by atoms with E-state index in [2.05, 4.69) is 0 Å². The summed E-state index contributed by atoms with van der Waals surface area (Å²) >= 11 is 0. The van der Waals surface area contributed by atoms with Crippen molar-refractivity contribution in [1.82, 2.24) is 4.90 Å². The number of ketones is 1. The summed E-state index contributed by atoms with van der Waals surface area (Å²) in [5.74, 6) is -1.77. The van der Waals surface area contributed by atoms with Crippen molar-refractivity contribution in [3.05, 3.63) is 70.6 Å². The maximum Gasteiger partial charge on any atom is 0.337 e. The van der Waals surface area contributed by atoms with Crippen LogP contribution in [0.3, 0.4) is 0 Å². The number of fused-ring (bicyclic) bond motifs is 1. The molecule has 0 aromatic heterocycles. The molecule has 0 radical (unpaired) electrons. The Morgan fingerprint density at radius 1 is 1.09 bits per heavy atom. The van der Waals surface area contributed by atoms with Gasteiger partial charge in [-0.2, -0.15) is 0 Å². The molecule has 0 aliphatic carbocycles. The van der Waals surface area contributed by atoms with Gasteiger partial charge in [0.25, 0.3) is 0 Å². The first kappa shape index (κ1) is 23.3. The van der Waals surface area contributed by atoms with E-state index < -0.39 is 17.9 Å². The molecule has 9 heteroatoms. The molecule has 178 valence electrons. The maximum atomic E-state index is 13.0. The third-order valence-corrected chi connectivity index (χ3v) is 5.88. The Labute approximate surface area is 196 Å². The van der Waals surface area contributed by atoms with Crippen molar-refractivity contribution in [2.45, 2.75) is 12.3 Å². The van der Waals surface area contributed by atoms with Crippen molar-refractivity contribution >= 4 is 17.7 Å². The van der Waals surface area contributed by atoms with Crippen LogP contribution in [0.25, 0.3) is 0 Å². The lowest BCUT2D eigenvalue weighted by molar-refractivity contribution is -0.140. The SMILES string of the molecule is COC(=O)C[C@H](c1ccc(C(=O)OC)cc1)c1c(O)ccc2c1O/C(=C\N1CCOCC1)C2=O. The Bertz CT molecular complexity index is 1130. The first-order valence-electron chi connectivity index (χ1n) is 10.8. The van der Waals surface area contributed by atoms with Crippen LogP contribution in [0, 0.1) is 0 Å².